The summed E-state index contributed by atoms with van der Waals surface area (Å²) in [4.78, 5) is 12.2. The summed E-state index contributed by atoms with van der Waals surface area (Å²) >= 11 is 1.34. The second kappa shape index (κ2) is 5.96. The van der Waals surface area contributed by atoms with Crippen molar-refractivity contribution < 1.29 is 15.0 Å². The van der Waals surface area contributed by atoms with Crippen LogP contribution in [0.15, 0.2) is 29.2 Å². The van der Waals surface area contributed by atoms with Crippen LogP contribution in [0, 0.1) is 0 Å². The Morgan fingerprint density at radius 2 is 1.94 bits per heavy atom. The van der Waals surface area contributed by atoms with Crippen LogP contribution < -0.4 is 0 Å². The molecule has 0 aliphatic carbocycles. The van der Waals surface area contributed by atoms with Crippen LogP contribution in [-0.2, 0) is 4.79 Å². The molecule has 0 fully saturated rings. The molecular formula is C13H18O3S. The molecular weight excluding hydrogens is 236 g/mol. The minimum Gasteiger partial charge on any atom is -0.508 e. The lowest BCUT2D eigenvalue weighted by Crippen LogP contribution is -2.31. The summed E-state index contributed by atoms with van der Waals surface area (Å²) < 4.78 is -0.799. The number of carboxylic acids is 1. The Morgan fingerprint density at radius 3 is 2.41 bits per heavy atom. The second-order valence-corrected chi connectivity index (χ2v) is 5.81. The van der Waals surface area contributed by atoms with Gasteiger partial charge in [0.15, 0.2) is 0 Å². The highest BCUT2D eigenvalue weighted by atomic mass is 32.2. The first-order valence-corrected chi connectivity index (χ1v) is 6.51. The molecule has 0 bridgehead atoms. The summed E-state index contributed by atoms with van der Waals surface area (Å²) in [5.41, 5.74) is 0. The number of aliphatic carboxylic acids is 1. The van der Waals surface area contributed by atoms with Crippen LogP contribution in [0.2, 0.25) is 0 Å². The highest BCUT2D eigenvalue weighted by Gasteiger charge is 2.33. The van der Waals surface area contributed by atoms with Crippen molar-refractivity contribution in [3.8, 4) is 5.75 Å². The molecule has 0 saturated heterocycles. The molecule has 0 aliphatic rings. The molecule has 2 N–H and O–H groups in total. The van der Waals surface area contributed by atoms with Crippen molar-refractivity contribution >= 4 is 17.7 Å². The number of carbonyl (C=O) groups is 1. The van der Waals surface area contributed by atoms with E-state index in [1.165, 1.54) is 11.8 Å². The molecule has 17 heavy (non-hydrogen) atoms. The van der Waals surface area contributed by atoms with E-state index in [2.05, 4.69) is 0 Å². The van der Waals surface area contributed by atoms with Gasteiger partial charge in [0.2, 0.25) is 0 Å². The minimum atomic E-state index is -0.799. The minimum absolute atomic E-state index is 0.194. The van der Waals surface area contributed by atoms with E-state index in [1.54, 1.807) is 31.2 Å². The highest BCUT2D eigenvalue weighted by molar-refractivity contribution is 8.01. The molecule has 3 nitrogen and oxygen atoms in total. The Morgan fingerprint density at radius 1 is 1.35 bits per heavy atom. The van der Waals surface area contributed by atoms with Gasteiger partial charge in [-0.25, -0.2) is 0 Å². The number of hydrogen-bond donors (Lipinski definition) is 2. The average molecular weight is 254 g/mol. The predicted molar refractivity (Wildman–Crippen MR) is 69.5 cm³/mol. The summed E-state index contributed by atoms with van der Waals surface area (Å²) in [7, 11) is 0. The molecule has 0 aromatic heterocycles. The lowest BCUT2D eigenvalue weighted by molar-refractivity contribution is -0.139. The van der Waals surface area contributed by atoms with E-state index >= 15 is 0 Å². The maximum Gasteiger partial charge on any atom is 0.319 e. The van der Waals surface area contributed by atoms with Crippen molar-refractivity contribution in [3.05, 3.63) is 24.3 Å². The van der Waals surface area contributed by atoms with Gasteiger partial charge in [-0.3, -0.25) is 4.79 Å². The maximum absolute atomic E-state index is 11.3. The summed E-state index contributed by atoms with van der Waals surface area (Å²) in [5, 5.41) is 18.5. The van der Waals surface area contributed by atoms with Crippen molar-refractivity contribution in [2.75, 3.05) is 0 Å². The number of thioether (sulfide) groups is 1. The van der Waals surface area contributed by atoms with E-state index in [4.69, 9.17) is 0 Å². The molecule has 1 atom stereocenters. The van der Waals surface area contributed by atoms with Crippen molar-refractivity contribution in [2.24, 2.45) is 0 Å². The van der Waals surface area contributed by atoms with Crippen molar-refractivity contribution in [1.82, 2.24) is 0 Å². The van der Waals surface area contributed by atoms with Gasteiger partial charge < -0.3 is 10.2 Å². The Kier molecular flexibility index (Phi) is 4.87. The average Bonchev–Trinajstić information content (AvgIpc) is 2.29. The number of benzene rings is 1. The molecule has 0 aliphatic heterocycles. The topological polar surface area (TPSA) is 57.5 Å². The van der Waals surface area contributed by atoms with Gasteiger partial charge in [-0.05, 0) is 37.6 Å². The molecule has 0 radical (unpaired) electrons. The normalized spacial score (nSPS) is 14.2. The Hall–Kier alpha value is -1.16. The van der Waals surface area contributed by atoms with Gasteiger partial charge in [-0.2, -0.15) is 0 Å². The number of unbranched alkanes of at least 4 members (excludes halogenated alkanes) is 1. The van der Waals surface area contributed by atoms with Gasteiger partial charge in [0, 0.05) is 4.90 Å². The molecule has 1 rings (SSSR count). The maximum atomic E-state index is 11.3. The van der Waals surface area contributed by atoms with E-state index in [9.17, 15) is 15.0 Å². The second-order valence-electron chi connectivity index (χ2n) is 4.24. The fourth-order valence-corrected chi connectivity index (χ4v) is 2.62. The largest absolute Gasteiger partial charge is 0.508 e. The Labute approximate surface area is 106 Å². The lowest BCUT2D eigenvalue weighted by Gasteiger charge is -2.24. The summed E-state index contributed by atoms with van der Waals surface area (Å²) in [6.45, 7) is 3.80. The molecule has 1 unspecified atom stereocenters. The van der Waals surface area contributed by atoms with E-state index in [0.29, 0.717) is 6.42 Å². The van der Waals surface area contributed by atoms with E-state index in [-0.39, 0.29) is 5.75 Å². The number of aromatic hydroxyl groups is 1. The molecule has 4 heteroatoms. The van der Waals surface area contributed by atoms with Gasteiger partial charge in [-0.1, -0.05) is 19.8 Å². The van der Waals surface area contributed by atoms with Crippen molar-refractivity contribution in [3.63, 3.8) is 0 Å². The number of phenolic OH excluding ortho intramolecular Hbond substituents is 1. The van der Waals surface area contributed by atoms with Gasteiger partial charge in [0.25, 0.3) is 0 Å². The highest BCUT2D eigenvalue weighted by Crippen LogP contribution is 2.37. The number of phenols is 1. The van der Waals surface area contributed by atoms with E-state index < -0.39 is 10.7 Å². The first-order chi connectivity index (χ1) is 7.98. The monoisotopic (exact) mass is 254 g/mol. The van der Waals surface area contributed by atoms with Crippen LogP contribution in [0.4, 0.5) is 0 Å². The molecule has 0 heterocycles. The molecule has 0 spiro atoms. The predicted octanol–water partition coefficient (Wildman–Crippen LogP) is 3.52. The molecule has 0 saturated carbocycles. The van der Waals surface area contributed by atoms with Gasteiger partial charge in [-0.15, -0.1) is 11.8 Å². The zero-order chi connectivity index (χ0) is 12.9. The summed E-state index contributed by atoms with van der Waals surface area (Å²) in [6.07, 6.45) is 2.53. The fraction of sp³-hybridized carbons (Fsp3) is 0.462. The number of carboxylic acid groups (broad SMARTS) is 1. The third kappa shape index (κ3) is 3.97. The molecule has 0 amide bonds. The number of hydrogen-bond acceptors (Lipinski definition) is 3. The Bertz CT molecular complexity index is 375. The van der Waals surface area contributed by atoms with Gasteiger partial charge in [0.1, 0.15) is 10.5 Å². The van der Waals surface area contributed by atoms with Crippen LogP contribution in [0.3, 0.4) is 0 Å². The quantitative estimate of drug-likeness (QED) is 0.763. The standard InChI is InChI=1S/C13H18O3S/c1-3-4-9-13(2,12(15)16)17-11-7-5-10(14)6-8-11/h5-8,14H,3-4,9H2,1-2H3,(H,15,16). The molecule has 1 aromatic carbocycles. The third-order valence-electron chi connectivity index (χ3n) is 2.64. The fourth-order valence-electron chi connectivity index (χ4n) is 1.49. The van der Waals surface area contributed by atoms with Gasteiger partial charge >= 0.3 is 5.97 Å². The first-order valence-electron chi connectivity index (χ1n) is 5.69. The van der Waals surface area contributed by atoms with Crippen molar-refractivity contribution in [2.45, 2.75) is 42.8 Å². The first kappa shape index (κ1) is 13.9. The lowest BCUT2D eigenvalue weighted by atomic mass is 10.0. The summed E-state index contributed by atoms with van der Waals surface area (Å²) in [5.74, 6) is -0.594. The van der Waals surface area contributed by atoms with Crippen LogP contribution in [0.25, 0.3) is 0 Å². The molecule has 1 aromatic rings. The van der Waals surface area contributed by atoms with Crippen LogP contribution in [-0.4, -0.2) is 20.9 Å². The SMILES string of the molecule is CCCCC(C)(Sc1ccc(O)cc1)C(=O)O. The smallest absolute Gasteiger partial charge is 0.319 e. The number of rotatable bonds is 6. The third-order valence-corrected chi connectivity index (χ3v) is 3.98. The summed E-state index contributed by atoms with van der Waals surface area (Å²) in [6, 6.07) is 6.63. The zero-order valence-corrected chi connectivity index (χ0v) is 11.0. The van der Waals surface area contributed by atoms with E-state index in [1.807, 2.05) is 6.92 Å². The van der Waals surface area contributed by atoms with Crippen LogP contribution in [0.1, 0.15) is 33.1 Å². The van der Waals surface area contributed by atoms with Gasteiger partial charge in [0.05, 0.1) is 0 Å². The van der Waals surface area contributed by atoms with Crippen LogP contribution in [0.5, 0.6) is 5.75 Å². The van der Waals surface area contributed by atoms with Crippen LogP contribution >= 0.6 is 11.8 Å². The molecule has 94 valence electrons. The Balaban J connectivity index is 2.79. The van der Waals surface area contributed by atoms with E-state index in [0.717, 1.165) is 17.7 Å². The van der Waals surface area contributed by atoms with Crippen molar-refractivity contribution in [1.29, 1.82) is 0 Å². The zero-order valence-electron chi connectivity index (χ0n) is 10.1.